The van der Waals surface area contributed by atoms with Gasteiger partial charge in [-0.1, -0.05) is 18.2 Å². The van der Waals surface area contributed by atoms with Gasteiger partial charge in [0, 0.05) is 49.7 Å². The van der Waals surface area contributed by atoms with Crippen LogP contribution in [0.1, 0.15) is 51.4 Å². The molecule has 0 spiro atoms. The van der Waals surface area contributed by atoms with Gasteiger partial charge in [0.15, 0.2) is 0 Å². The van der Waals surface area contributed by atoms with Crippen molar-refractivity contribution in [2.45, 2.75) is 32.2 Å². The Kier molecular flexibility index (Phi) is 6.93. The number of benzene rings is 2. The molecule has 34 heavy (non-hydrogen) atoms. The molecule has 2 heterocycles. The normalized spacial score (nSPS) is 13.9. The Morgan fingerprint density at radius 3 is 2.53 bits per heavy atom. The molecule has 0 aliphatic carbocycles. The average Bonchev–Trinajstić information content (AvgIpc) is 3.29. The molecule has 4 rings (SSSR count). The Balaban J connectivity index is 1.34. The standard InChI is InChI=1S/C26H28N6O2/c1-18-3-6-23(13-24(18)30-26(34)28-15-20-16-29-31(2)17-20)25(33)32-11-9-22(10-12-32)21-7-4-19(14-27)5-8-21/h3-8,13,16-17,22H,9-12,15H2,1-2H3,(H2,28,30,34). The van der Waals surface area contributed by atoms with Crippen LogP contribution < -0.4 is 10.6 Å². The molecule has 0 bridgehead atoms. The lowest BCUT2D eigenvalue weighted by molar-refractivity contribution is 0.0713. The number of nitrogens with zero attached hydrogens (tertiary/aromatic N) is 4. The molecule has 8 heteroatoms. The number of urea groups is 1. The molecule has 1 fully saturated rings. The van der Waals surface area contributed by atoms with Crippen molar-refractivity contribution < 1.29 is 9.59 Å². The van der Waals surface area contributed by atoms with E-state index in [0.29, 0.717) is 42.4 Å². The van der Waals surface area contributed by atoms with Crippen LogP contribution in [0.25, 0.3) is 0 Å². The second-order valence-electron chi connectivity index (χ2n) is 8.66. The zero-order valence-corrected chi connectivity index (χ0v) is 19.4. The first-order chi connectivity index (χ1) is 16.4. The van der Waals surface area contributed by atoms with Gasteiger partial charge in [-0.3, -0.25) is 9.48 Å². The van der Waals surface area contributed by atoms with Gasteiger partial charge in [0.1, 0.15) is 0 Å². The van der Waals surface area contributed by atoms with Crippen molar-refractivity contribution >= 4 is 17.6 Å². The third kappa shape index (κ3) is 5.44. The van der Waals surface area contributed by atoms with Crippen molar-refractivity contribution in [3.8, 4) is 6.07 Å². The Morgan fingerprint density at radius 1 is 1.15 bits per heavy atom. The van der Waals surface area contributed by atoms with Crippen molar-refractivity contribution in [3.05, 3.63) is 82.7 Å². The van der Waals surface area contributed by atoms with Crippen molar-refractivity contribution in [2.75, 3.05) is 18.4 Å². The Labute approximate surface area is 199 Å². The number of carbonyl (C=O) groups is 2. The maximum Gasteiger partial charge on any atom is 0.319 e. The summed E-state index contributed by atoms with van der Waals surface area (Å²) in [4.78, 5) is 27.4. The van der Waals surface area contributed by atoms with Crippen LogP contribution in [0.2, 0.25) is 0 Å². The van der Waals surface area contributed by atoms with Crippen LogP contribution in [-0.2, 0) is 13.6 Å². The molecular formula is C26H28N6O2. The van der Waals surface area contributed by atoms with E-state index in [2.05, 4.69) is 21.8 Å². The van der Waals surface area contributed by atoms with Crippen LogP contribution in [0.15, 0.2) is 54.9 Å². The second-order valence-corrected chi connectivity index (χ2v) is 8.66. The van der Waals surface area contributed by atoms with E-state index in [1.807, 2.05) is 61.5 Å². The summed E-state index contributed by atoms with van der Waals surface area (Å²) in [5.74, 6) is 0.354. The predicted octanol–water partition coefficient (Wildman–Crippen LogP) is 3.94. The van der Waals surface area contributed by atoms with Crippen molar-refractivity contribution in [1.82, 2.24) is 20.0 Å². The summed E-state index contributed by atoms with van der Waals surface area (Å²) >= 11 is 0. The highest BCUT2D eigenvalue weighted by molar-refractivity contribution is 5.97. The second kappa shape index (κ2) is 10.2. The average molecular weight is 457 g/mol. The maximum absolute atomic E-state index is 13.1. The number of amides is 3. The molecular weight excluding hydrogens is 428 g/mol. The van der Waals surface area contributed by atoms with E-state index in [0.717, 1.165) is 24.0 Å². The minimum atomic E-state index is -0.334. The molecule has 1 aliphatic rings. The molecule has 3 aromatic rings. The molecule has 0 unspecified atom stereocenters. The number of hydrogen-bond donors (Lipinski definition) is 2. The number of nitrogens with one attached hydrogen (secondary N) is 2. The number of nitriles is 1. The minimum Gasteiger partial charge on any atom is -0.339 e. The highest BCUT2D eigenvalue weighted by Crippen LogP contribution is 2.29. The Hall–Kier alpha value is -4.12. The summed E-state index contributed by atoms with van der Waals surface area (Å²) in [6, 6.07) is 14.9. The third-order valence-corrected chi connectivity index (χ3v) is 6.24. The van der Waals surface area contributed by atoms with Gasteiger partial charge in [-0.05, 0) is 61.1 Å². The molecule has 1 saturated heterocycles. The molecule has 0 saturated carbocycles. The van der Waals surface area contributed by atoms with Gasteiger partial charge in [0.25, 0.3) is 5.91 Å². The van der Waals surface area contributed by atoms with E-state index in [1.54, 1.807) is 16.9 Å². The van der Waals surface area contributed by atoms with Gasteiger partial charge in [0.2, 0.25) is 0 Å². The summed E-state index contributed by atoms with van der Waals surface area (Å²) in [7, 11) is 1.82. The summed E-state index contributed by atoms with van der Waals surface area (Å²) in [6.45, 7) is 3.61. The summed E-state index contributed by atoms with van der Waals surface area (Å²) < 4.78 is 1.68. The van der Waals surface area contributed by atoms with Crippen LogP contribution in [0, 0.1) is 18.3 Å². The Bertz CT molecular complexity index is 1220. The SMILES string of the molecule is Cc1ccc(C(=O)N2CCC(c3ccc(C#N)cc3)CC2)cc1NC(=O)NCc1cnn(C)c1. The topological polar surface area (TPSA) is 103 Å². The molecule has 2 aromatic carbocycles. The van der Waals surface area contributed by atoms with Crippen molar-refractivity contribution in [2.24, 2.45) is 7.05 Å². The quantitative estimate of drug-likeness (QED) is 0.607. The number of anilines is 1. The van der Waals surface area contributed by atoms with Crippen LogP contribution >= 0.6 is 0 Å². The molecule has 8 nitrogen and oxygen atoms in total. The summed E-state index contributed by atoms with van der Waals surface area (Å²) in [5.41, 5.74) is 4.83. The lowest BCUT2D eigenvalue weighted by Crippen LogP contribution is -2.38. The van der Waals surface area contributed by atoms with E-state index >= 15 is 0 Å². The third-order valence-electron chi connectivity index (χ3n) is 6.24. The van der Waals surface area contributed by atoms with Crippen LogP contribution in [0.3, 0.4) is 0 Å². The first-order valence-corrected chi connectivity index (χ1v) is 11.4. The largest absolute Gasteiger partial charge is 0.339 e. The van der Waals surface area contributed by atoms with E-state index in [1.165, 1.54) is 5.56 Å². The number of aryl methyl sites for hydroxylation is 2. The summed E-state index contributed by atoms with van der Waals surface area (Å²) in [6.07, 6.45) is 5.31. The monoisotopic (exact) mass is 456 g/mol. The number of likely N-dealkylation sites (tertiary alicyclic amines) is 1. The molecule has 0 radical (unpaired) electrons. The van der Waals surface area contributed by atoms with E-state index in [-0.39, 0.29) is 11.9 Å². The van der Waals surface area contributed by atoms with Gasteiger partial charge in [-0.25, -0.2) is 4.79 Å². The minimum absolute atomic E-state index is 0.0305. The zero-order chi connectivity index (χ0) is 24.1. The fourth-order valence-corrected chi connectivity index (χ4v) is 4.23. The number of piperidine rings is 1. The van der Waals surface area contributed by atoms with E-state index in [4.69, 9.17) is 5.26 Å². The van der Waals surface area contributed by atoms with E-state index in [9.17, 15) is 9.59 Å². The van der Waals surface area contributed by atoms with Gasteiger partial charge >= 0.3 is 6.03 Å². The highest BCUT2D eigenvalue weighted by Gasteiger charge is 2.25. The zero-order valence-electron chi connectivity index (χ0n) is 19.4. The lowest BCUT2D eigenvalue weighted by Gasteiger charge is -2.32. The van der Waals surface area contributed by atoms with Gasteiger partial charge < -0.3 is 15.5 Å². The van der Waals surface area contributed by atoms with Crippen LogP contribution in [0.5, 0.6) is 0 Å². The van der Waals surface area contributed by atoms with Gasteiger partial charge in [-0.15, -0.1) is 0 Å². The van der Waals surface area contributed by atoms with Gasteiger partial charge in [-0.2, -0.15) is 10.4 Å². The van der Waals surface area contributed by atoms with Crippen LogP contribution in [-0.4, -0.2) is 39.7 Å². The number of rotatable bonds is 5. The summed E-state index contributed by atoms with van der Waals surface area (Å²) in [5, 5.41) is 18.7. The molecule has 1 aromatic heterocycles. The Morgan fingerprint density at radius 2 is 1.88 bits per heavy atom. The fraction of sp³-hybridized carbons (Fsp3) is 0.308. The predicted molar refractivity (Wildman–Crippen MR) is 129 cm³/mol. The number of carbonyl (C=O) groups excluding carboxylic acids is 2. The first kappa shape index (κ1) is 23.1. The molecule has 0 atom stereocenters. The lowest BCUT2D eigenvalue weighted by atomic mass is 9.89. The first-order valence-electron chi connectivity index (χ1n) is 11.4. The van der Waals surface area contributed by atoms with Crippen molar-refractivity contribution in [3.63, 3.8) is 0 Å². The van der Waals surface area contributed by atoms with Crippen LogP contribution in [0.4, 0.5) is 10.5 Å². The molecule has 3 amide bonds. The maximum atomic E-state index is 13.1. The van der Waals surface area contributed by atoms with E-state index < -0.39 is 0 Å². The highest BCUT2D eigenvalue weighted by atomic mass is 16.2. The smallest absolute Gasteiger partial charge is 0.319 e. The van der Waals surface area contributed by atoms with Crippen molar-refractivity contribution in [1.29, 1.82) is 5.26 Å². The molecule has 174 valence electrons. The number of aromatic nitrogens is 2. The number of hydrogen-bond acceptors (Lipinski definition) is 4. The van der Waals surface area contributed by atoms with Gasteiger partial charge in [0.05, 0.1) is 17.8 Å². The molecule has 1 aliphatic heterocycles. The molecule has 2 N–H and O–H groups in total. The fourth-order valence-electron chi connectivity index (χ4n) is 4.23.